The molecule has 0 radical (unpaired) electrons. The zero-order valence-corrected chi connectivity index (χ0v) is 30.7. The summed E-state index contributed by atoms with van der Waals surface area (Å²) in [5.41, 5.74) is -0.956. The fourth-order valence-electron chi connectivity index (χ4n) is 3.89. The van der Waals surface area contributed by atoms with Crippen molar-refractivity contribution in [1.82, 2.24) is 16.0 Å². The summed E-state index contributed by atoms with van der Waals surface area (Å²) in [5, 5.41) is 8.04. The summed E-state index contributed by atoms with van der Waals surface area (Å²) >= 11 is 4.11. The van der Waals surface area contributed by atoms with Crippen molar-refractivity contribution in [2.45, 2.75) is 98.6 Å². The molecule has 3 amide bonds. The summed E-state index contributed by atoms with van der Waals surface area (Å²) in [6, 6.07) is 5.48. The monoisotopic (exact) mass is 697 g/mol. The van der Waals surface area contributed by atoms with E-state index in [2.05, 4.69) is 28.6 Å². The Hall–Kier alpha value is -3.36. The normalized spacial score (nSPS) is 13.6. The summed E-state index contributed by atoms with van der Waals surface area (Å²) in [4.78, 5) is 61.2. The SMILES string of the molecule is CC(COCCOCC(C)NC(=O)COc1ccc(COC(=O)[C@H](CS)NC(=O)OC(C)(C)C)cc1)CC(=O)C(C)(C)NC(=O)C(C)C. The summed E-state index contributed by atoms with van der Waals surface area (Å²) in [7, 11) is 0. The van der Waals surface area contributed by atoms with E-state index in [0.29, 0.717) is 31.1 Å². The lowest BCUT2D eigenvalue weighted by Gasteiger charge is -2.27. The Morgan fingerprint density at radius 1 is 0.854 bits per heavy atom. The molecule has 1 rings (SSSR count). The first-order chi connectivity index (χ1) is 22.3. The molecule has 0 aliphatic heterocycles. The second-order valence-electron chi connectivity index (χ2n) is 13.5. The fourth-order valence-corrected chi connectivity index (χ4v) is 4.13. The zero-order valence-electron chi connectivity index (χ0n) is 29.8. The molecule has 1 aromatic carbocycles. The largest absolute Gasteiger partial charge is 0.484 e. The number of esters is 1. The van der Waals surface area contributed by atoms with E-state index in [9.17, 15) is 24.0 Å². The zero-order chi connectivity index (χ0) is 36.5. The Morgan fingerprint density at radius 3 is 2.02 bits per heavy atom. The van der Waals surface area contributed by atoms with Gasteiger partial charge in [-0.1, -0.05) is 32.9 Å². The van der Waals surface area contributed by atoms with E-state index in [-0.39, 0.29) is 67.5 Å². The van der Waals surface area contributed by atoms with E-state index in [1.165, 1.54) is 0 Å². The maximum atomic E-state index is 12.6. The number of thiol groups is 1. The second-order valence-corrected chi connectivity index (χ2v) is 13.9. The van der Waals surface area contributed by atoms with Gasteiger partial charge in [-0.3, -0.25) is 14.4 Å². The van der Waals surface area contributed by atoms with Gasteiger partial charge in [-0.2, -0.15) is 12.6 Å². The Balaban J connectivity index is 2.27. The average Bonchev–Trinajstić information content (AvgIpc) is 2.98. The third kappa shape index (κ3) is 18.3. The summed E-state index contributed by atoms with van der Waals surface area (Å²) in [6.07, 6.45) is -0.454. The van der Waals surface area contributed by atoms with Crippen LogP contribution in [0.15, 0.2) is 24.3 Å². The third-order valence-corrected chi connectivity index (χ3v) is 6.94. The molecule has 272 valence electrons. The summed E-state index contributed by atoms with van der Waals surface area (Å²) < 4.78 is 27.2. The highest BCUT2D eigenvalue weighted by molar-refractivity contribution is 7.80. The van der Waals surface area contributed by atoms with Crippen molar-refractivity contribution in [3.05, 3.63) is 29.8 Å². The lowest BCUT2D eigenvalue weighted by Crippen LogP contribution is -2.51. The standard InChI is InChI=1S/C34H55N3O10S/c1-22(2)30(40)37-34(8,9)28(38)16-23(3)17-43-14-15-44-18-24(4)35-29(39)20-45-26-12-10-25(11-13-26)19-46-31(41)27(21-48)36-32(42)47-33(5,6)7/h10-13,22-24,27,48H,14-21H2,1-9H3,(H,35,39)(H,36,42)(H,37,40)/t23?,24?,27-/m0/s1. The van der Waals surface area contributed by atoms with Crippen LogP contribution in [0.2, 0.25) is 0 Å². The number of carbonyl (C=O) groups excluding carboxylic acids is 5. The van der Waals surface area contributed by atoms with Crippen molar-refractivity contribution in [2.24, 2.45) is 11.8 Å². The Kier molecular flexibility index (Phi) is 18.6. The third-order valence-electron chi connectivity index (χ3n) is 6.57. The number of hydrogen-bond donors (Lipinski definition) is 4. The van der Waals surface area contributed by atoms with Crippen LogP contribution < -0.4 is 20.7 Å². The molecule has 13 nitrogen and oxygen atoms in total. The van der Waals surface area contributed by atoms with Crippen LogP contribution in [-0.4, -0.2) is 91.7 Å². The van der Waals surface area contributed by atoms with Crippen molar-refractivity contribution < 1.29 is 47.7 Å². The number of rotatable bonds is 21. The van der Waals surface area contributed by atoms with Crippen molar-refractivity contribution >= 4 is 42.3 Å². The van der Waals surface area contributed by atoms with Crippen LogP contribution in [0, 0.1) is 11.8 Å². The minimum Gasteiger partial charge on any atom is -0.484 e. The smallest absolute Gasteiger partial charge is 0.408 e. The summed E-state index contributed by atoms with van der Waals surface area (Å²) in [6.45, 7) is 16.9. The van der Waals surface area contributed by atoms with Crippen LogP contribution in [-0.2, 0) is 44.7 Å². The predicted molar refractivity (Wildman–Crippen MR) is 184 cm³/mol. The topological polar surface area (TPSA) is 168 Å². The van der Waals surface area contributed by atoms with Crippen molar-refractivity contribution in [3.63, 3.8) is 0 Å². The Bertz CT molecular complexity index is 1180. The number of amides is 3. The number of Topliss-reactive ketones (excluding diaryl/α,β-unsaturated/α-hetero) is 1. The second kappa shape index (κ2) is 20.9. The van der Waals surface area contributed by atoms with Gasteiger partial charge in [-0.15, -0.1) is 0 Å². The maximum Gasteiger partial charge on any atom is 0.408 e. The molecule has 0 bridgehead atoms. The van der Waals surface area contributed by atoms with E-state index < -0.39 is 29.2 Å². The van der Waals surface area contributed by atoms with Crippen LogP contribution >= 0.6 is 12.6 Å². The van der Waals surface area contributed by atoms with Gasteiger partial charge in [-0.25, -0.2) is 9.59 Å². The van der Waals surface area contributed by atoms with Crippen LogP contribution in [0.1, 0.15) is 74.3 Å². The molecule has 48 heavy (non-hydrogen) atoms. The molecule has 0 saturated heterocycles. The van der Waals surface area contributed by atoms with Gasteiger partial charge in [0.25, 0.3) is 5.91 Å². The molecule has 2 unspecified atom stereocenters. The number of ether oxygens (including phenoxy) is 5. The molecule has 3 N–H and O–H groups in total. The minimum atomic E-state index is -0.965. The molecular formula is C34H55N3O10S. The van der Waals surface area contributed by atoms with Gasteiger partial charge in [0.05, 0.1) is 25.4 Å². The Morgan fingerprint density at radius 2 is 1.46 bits per heavy atom. The van der Waals surface area contributed by atoms with Gasteiger partial charge in [-0.05, 0) is 65.2 Å². The lowest BCUT2D eigenvalue weighted by molar-refractivity contribution is -0.146. The van der Waals surface area contributed by atoms with Crippen molar-refractivity contribution in [2.75, 3.05) is 38.8 Å². The quantitative estimate of drug-likeness (QED) is 0.0847. The van der Waals surface area contributed by atoms with E-state index in [1.54, 1.807) is 72.7 Å². The minimum absolute atomic E-state index is 0.0229. The number of alkyl carbamates (subject to hydrolysis) is 1. The number of hydrogen-bond acceptors (Lipinski definition) is 11. The molecule has 0 aliphatic rings. The van der Waals surface area contributed by atoms with Gasteiger partial charge in [0.1, 0.15) is 24.0 Å². The highest BCUT2D eigenvalue weighted by Gasteiger charge is 2.31. The first kappa shape index (κ1) is 42.7. The van der Waals surface area contributed by atoms with Gasteiger partial charge >= 0.3 is 12.1 Å². The molecule has 0 fully saturated rings. The van der Waals surface area contributed by atoms with Gasteiger partial charge in [0.15, 0.2) is 12.4 Å². The molecule has 0 saturated carbocycles. The van der Waals surface area contributed by atoms with Gasteiger partial charge in [0, 0.05) is 30.7 Å². The van der Waals surface area contributed by atoms with Crippen molar-refractivity contribution in [1.29, 1.82) is 0 Å². The molecule has 3 atom stereocenters. The van der Waals surface area contributed by atoms with Crippen LogP contribution in [0.5, 0.6) is 5.75 Å². The van der Waals surface area contributed by atoms with E-state index in [4.69, 9.17) is 23.7 Å². The summed E-state index contributed by atoms with van der Waals surface area (Å²) in [5.74, 6) is -0.899. The number of nitrogens with one attached hydrogen (secondary N) is 3. The van der Waals surface area contributed by atoms with E-state index >= 15 is 0 Å². The predicted octanol–water partition coefficient (Wildman–Crippen LogP) is 3.62. The number of benzene rings is 1. The first-order valence-electron chi connectivity index (χ1n) is 16.1. The van der Waals surface area contributed by atoms with Gasteiger partial charge in [0.2, 0.25) is 5.91 Å². The fraction of sp³-hybridized carbons (Fsp3) is 0.676. The molecular weight excluding hydrogens is 642 g/mol. The van der Waals surface area contributed by atoms with E-state index in [1.807, 2.05) is 13.8 Å². The highest BCUT2D eigenvalue weighted by atomic mass is 32.1. The van der Waals surface area contributed by atoms with Crippen LogP contribution in [0.4, 0.5) is 4.79 Å². The number of carbonyl (C=O) groups is 5. The Labute approximate surface area is 290 Å². The molecule has 0 aromatic heterocycles. The first-order valence-corrected chi connectivity index (χ1v) is 16.7. The van der Waals surface area contributed by atoms with Crippen molar-refractivity contribution in [3.8, 4) is 5.75 Å². The van der Waals surface area contributed by atoms with Crippen LogP contribution in [0.3, 0.4) is 0 Å². The average molecular weight is 698 g/mol. The van der Waals surface area contributed by atoms with E-state index in [0.717, 1.165) is 0 Å². The molecule has 1 aromatic rings. The van der Waals surface area contributed by atoms with Gasteiger partial charge < -0.3 is 39.6 Å². The number of ketones is 1. The lowest BCUT2D eigenvalue weighted by atomic mass is 9.91. The molecule has 0 spiro atoms. The maximum absolute atomic E-state index is 12.6. The highest BCUT2D eigenvalue weighted by Crippen LogP contribution is 2.15. The van der Waals surface area contributed by atoms with Crippen LogP contribution in [0.25, 0.3) is 0 Å². The molecule has 14 heteroatoms. The molecule has 0 heterocycles. The molecule has 0 aliphatic carbocycles.